The molecule has 24 heteroatoms. The number of hydrogen-bond acceptors (Lipinski definition) is 15. The number of nitrogens with one attached hydrogen (secondary N) is 3. The largest absolute Gasteiger partial charge is 0.480 e. The van der Waals surface area contributed by atoms with Crippen LogP contribution in [-0.2, 0) is 75.4 Å². The summed E-state index contributed by atoms with van der Waals surface area (Å²) in [6, 6.07) is 66.7. The second-order valence-electron chi connectivity index (χ2n) is 36.9. The van der Waals surface area contributed by atoms with Crippen LogP contribution < -0.4 is 36.4 Å². The zero-order valence-electron chi connectivity index (χ0n) is 83.3. The maximum atomic E-state index is 11.8. The van der Waals surface area contributed by atoms with Crippen LogP contribution >= 0.6 is 0 Å². The Kier molecular flexibility index (Phi) is 46.8. The van der Waals surface area contributed by atoms with Gasteiger partial charge in [-0.1, -0.05) is 252 Å². The average Bonchev–Trinajstić information content (AvgIpc) is 1.50. The molecule has 0 atom stereocenters. The van der Waals surface area contributed by atoms with E-state index in [0.29, 0.717) is 131 Å². The number of fused-ring (bicyclic) bond motifs is 2. The Hall–Kier alpha value is -12.4. The van der Waals surface area contributed by atoms with Crippen LogP contribution in [0.2, 0.25) is 0 Å². The lowest BCUT2D eigenvalue weighted by Gasteiger charge is -2.28. The maximum Gasteiger partial charge on any atom is 0.414 e. The van der Waals surface area contributed by atoms with Crippen molar-refractivity contribution in [1.29, 1.82) is 0 Å². The lowest BCUT2D eigenvalue weighted by Crippen LogP contribution is -2.41. The van der Waals surface area contributed by atoms with Crippen molar-refractivity contribution in [1.82, 2.24) is 9.80 Å². The predicted octanol–water partition coefficient (Wildman–Crippen LogP) is 20.8. The zero-order chi connectivity index (χ0) is 99.7. The number of aliphatic hydroxyl groups excluding tert-OH is 3. The van der Waals surface area contributed by atoms with Crippen molar-refractivity contribution >= 4 is 87.5 Å². The number of carboxylic acid groups (broad SMARTS) is 1. The fourth-order valence-corrected chi connectivity index (χ4v) is 14.8. The molecule has 0 aliphatic carbocycles. The fourth-order valence-electron chi connectivity index (χ4n) is 14.8. The van der Waals surface area contributed by atoms with Gasteiger partial charge < -0.3 is 71.2 Å². The number of urea groups is 1. The molecule has 8 amide bonds. The number of morpholine rings is 1. The number of Topliss-reactive ketones (excluding diaryl/α,β-unsaturated/α-hetero) is 1. The molecular formula is C111H149N9O15. The topological polar surface area (TPSA) is 331 Å². The number of carbonyl (C=O) groups is 9. The van der Waals surface area contributed by atoms with Crippen LogP contribution in [0.1, 0.15) is 281 Å². The summed E-state index contributed by atoms with van der Waals surface area (Å²) in [6.07, 6.45) is 2.56. The van der Waals surface area contributed by atoms with E-state index in [4.69, 9.17) is 35.6 Å². The smallest absolute Gasteiger partial charge is 0.414 e. The fraction of sp³-hybridized carbons (Fsp3) is 0.432. The van der Waals surface area contributed by atoms with E-state index < -0.39 is 18.6 Å². The van der Waals surface area contributed by atoms with Gasteiger partial charge in [-0.05, 0) is 230 Å². The molecule has 728 valence electrons. The molecule has 0 unspecified atom stereocenters. The number of ketones is 1. The second-order valence-corrected chi connectivity index (χ2v) is 36.9. The predicted molar refractivity (Wildman–Crippen MR) is 545 cm³/mol. The molecule has 0 aromatic heterocycles. The van der Waals surface area contributed by atoms with E-state index in [1.54, 1.807) is 14.7 Å². The highest BCUT2D eigenvalue weighted by Crippen LogP contribution is 2.31. The van der Waals surface area contributed by atoms with Crippen LogP contribution in [0.15, 0.2) is 200 Å². The molecule has 0 saturated carbocycles. The number of β-amino-alcohol motifs (C(OH)–C–C–N with tert-alkyl or cyclic N) is 1. The highest BCUT2D eigenvalue weighted by Gasteiger charge is 2.28. The van der Waals surface area contributed by atoms with Gasteiger partial charge in [-0.3, -0.25) is 38.5 Å². The van der Waals surface area contributed by atoms with Crippen LogP contribution in [0.3, 0.4) is 0 Å². The number of aliphatic carboxylic acids is 1. The number of cyclic esters (lactones) is 1. The Labute approximate surface area is 801 Å². The normalized spacial score (nSPS) is 13.7. The molecule has 135 heavy (non-hydrogen) atoms. The number of nitrogens with two attached hydrogens (primary N) is 1. The van der Waals surface area contributed by atoms with E-state index >= 15 is 0 Å². The highest BCUT2D eigenvalue weighted by molar-refractivity contribution is 5.96. The maximum absolute atomic E-state index is 11.8. The molecule has 14 rings (SSSR count). The molecule has 0 bridgehead atoms. The summed E-state index contributed by atoms with van der Waals surface area (Å²) in [5.41, 5.74) is 28.7. The van der Waals surface area contributed by atoms with Crippen LogP contribution in [-0.4, -0.2) is 163 Å². The number of amides is 8. The van der Waals surface area contributed by atoms with Crippen molar-refractivity contribution in [2.75, 3.05) is 110 Å². The van der Waals surface area contributed by atoms with Crippen molar-refractivity contribution < 1.29 is 73.1 Å². The summed E-state index contributed by atoms with van der Waals surface area (Å²) < 4.78 is 9.99. The van der Waals surface area contributed by atoms with E-state index in [1.165, 1.54) is 66.2 Å². The minimum Gasteiger partial charge on any atom is -0.480 e. The van der Waals surface area contributed by atoms with Crippen LogP contribution in [0, 0.1) is 6.92 Å². The Morgan fingerprint density at radius 1 is 0.407 bits per heavy atom. The quantitative estimate of drug-likeness (QED) is 0.0279. The molecule has 24 nitrogen and oxygen atoms in total. The summed E-state index contributed by atoms with van der Waals surface area (Å²) >= 11 is 0. The molecule has 9 aromatic carbocycles. The minimum absolute atomic E-state index is 0.0329. The molecule has 9 N–H and O–H groups in total. The monoisotopic (exact) mass is 1850 g/mol. The Morgan fingerprint density at radius 3 is 1.14 bits per heavy atom. The summed E-state index contributed by atoms with van der Waals surface area (Å²) in [5, 5.41) is 43.3. The van der Waals surface area contributed by atoms with Crippen LogP contribution in [0.4, 0.5) is 43.7 Å². The third-order valence-electron chi connectivity index (χ3n) is 23.4. The van der Waals surface area contributed by atoms with E-state index in [2.05, 4.69) is 263 Å². The number of anilines is 6. The van der Waals surface area contributed by atoms with Gasteiger partial charge in [-0.15, -0.1) is 0 Å². The molecule has 3 saturated heterocycles. The Balaban J connectivity index is 0.000000234. The Bertz CT molecular complexity index is 5150. The molecule has 5 heterocycles. The summed E-state index contributed by atoms with van der Waals surface area (Å²) in [5.74, 6) is 3.43. The van der Waals surface area contributed by atoms with Crippen molar-refractivity contribution in [2.45, 2.75) is 237 Å². The number of ether oxygens (including phenoxy) is 2. The van der Waals surface area contributed by atoms with Crippen molar-refractivity contribution in [3.8, 4) is 0 Å². The van der Waals surface area contributed by atoms with E-state index in [0.717, 1.165) is 70.1 Å². The van der Waals surface area contributed by atoms with Crippen LogP contribution in [0.5, 0.6) is 0 Å². The van der Waals surface area contributed by atoms with Gasteiger partial charge in [0.2, 0.25) is 23.6 Å². The van der Waals surface area contributed by atoms with Gasteiger partial charge in [-0.2, -0.15) is 0 Å². The summed E-state index contributed by atoms with van der Waals surface area (Å²) in [4.78, 5) is 110. The summed E-state index contributed by atoms with van der Waals surface area (Å²) in [6.45, 7) is 47.7. The van der Waals surface area contributed by atoms with Crippen molar-refractivity contribution in [3.63, 3.8) is 0 Å². The third-order valence-corrected chi connectivity index (χ3v) is 23.4. The number of benzene rings is 9. The first kappa shape index (κ1) is 111. The first-order chi connectivity index (χ1) is 64.1. The lowest BCUT2D eigenvalue weighted by atomic mass is 9.93. The van der Waals surface area contributed by atoms with Gasteiger partial charge in [0.05, 0.1) is 32.6 Å². The minimum atomic E-state index is -0.967. The van der Waals surface area contributed by atoms with E-state index in [1.807, 2.05) is 96.8 Å². The number of carbonyl (C=O) groups excluding carboxylic acids is 8. The highest BCUT2D eigenvalue weighted by atomic mass is 16.6. The van der Waals surface area contributed by atoms with Gasteiger partial charge in [-0.25, -0.2) is 9.59 Å². The van der Waals surface area contributed by atoms with Gasteiger partial charge in [0.25, 0.3) is 5.91 Å². The van der Waals surface area contributed by atoms with Crippen molar-refractivity contribution in [3.05, 3.63) is 284 Å². The Morgan fingerprint density at radius 2 is 0.778 bits per heavy atom. The summed E-state index contributed by atoms with van der Waals surface area (Å²) in [7, 11) is 0. The first-order valence-electron chi connectivity index (χ1n) is 47.4. The third kappa shape index (κ3) is 37.4. The standard InChI is InChI=1S/C14H17NO3.C14H19NO2.C13H17NO2.C13H17NO.C13H18O2.C12H15NO2.C11H15NO2.C11H17N.C10H14N2O/c1-9(2)10-3-4-11-7-15(8-14(17)18)13(16)6-12(11)5-10;1-10(2)11-3-4-12-9-15(5-6-16)14(17)8-13(12)7-11;1-10(2)11-3-5-12(6-4-11)14-7-8-16-9-13(14)15;1-10(2)11-5-7-12(8-6-11)14-9-3-4-13(14)15;1-9(2)11-5-4-10(3)12(6-11)7-13(15)8-14;1-9(2)10-3-5-11(6-4-10)13-7-8-15-12(13)14;1-8(2)9-3-5-10(6-4-9)12-11(14)7-13;1-4-12-11-7-5-10(6-8-11)9(2)3;1-7(2)8-3-5-9(6-4-8)12-10(11)13/h3-5,9H,6-8H2,1-2H3,(H,17,18);3-4,7,10,16H,5-6,8-9H2,1-2H3;3-6,10H,7-9H2,1-2H3;5-8,10H,3-4,9H2,1-2H3;4-6,9,14H,7-8H2,1-3H3;3-6,9H,7-8H2,1-2H3;3-6,8,13H,7H2,1-2H3,(H,12,14);5-9,12H,4H2,1-3H3;3-7H,1-2H3,(H3,11,12,13). The van der Waals surface area contributed by atoms with E-state index in [9.17, 15) is 43.2 Å². The number of carboxylic acids is 1. The van der Waals surface area contributed by atoms with Gasteiger partial charge in [0.15, 0.2) is 5.78 Å². The molecule has 5 aliphatic rings. The molecule has 0 spiro atoms. The average molecular weight is 1850 g/mol. The molecule has 3 fully saturated rings. The number of aliphatic hydroxyl groups is 3. The van der Waals surface area contributed by atoms with Gasteiger partial charge in [0, 0.05) is 86.2 Å². The van der Waals surface area contributed by atoms with Crippen molar-refractivity contribution in [2.24, 2.45) is 5.73 Å². The zero-order valence-corrected chi connectivity index (χ0v) is 83.3. The number of nitrogens with zero attached hydrogens (tertiary/aromatic N) is 5. The number of rotatable bonds is 24. The number of primary amides is 1. The molecule has 0 radical (unpaired) electrons. The van der Waals surface area contributed by atoms with Gasteiger partial charge in [0.1, 0.15) is 33.0 Å². The van der Waals surface area contributed by atoms with Gasteiger partial charge >= 0.3 is 18.1 Å². The SMILES string of the molecule is CC(C)c1ccc(N2CCCC2=O)cc1.CC(C)c1ccc(N2CCOC2=O)cc1.CC(C)c1ccc(N2CCOCC2=O)cc1.CC(C)c1ccc(NC(=O)CO)cc1.CC(C)c1ccc(NC(N)=O)cc1.CC(C)c1ccc2c(c1)CC(=O)N(CC(=O)O)C2.CC(C)c1ccc2c(c1)CC(=O)N(CCO)C2.CCNc1ccc(C(C)C)cc1.Cc1ccc(C(C)C)cc1CC(=O)CO. The molecular weight excluding hydrogens is 1700 g/mol. The molecule has 5 aliphatic heterocycles. The molecule has 9 aromatic rings. The van der Waals surface area contributed by atoms with E-state index in [-0.39, 0.29) is 67.8 Å². The number of aryl methyl sites for hydroxylation is 1. The number of hydrogen-bond donors (Lipinski definition) is 8. The second kappa shape index (κ2) is 56.7. The van der Waals surface area contributed by atoms with Crippen LogP contribution in [0.25, 0.3) is 0 Å². The lowest BCUT2D eigenvalue weighted by molar-refractivity contribution is -0.145. The first-order valence-corrected chi connectivity index (χ1v) is 47.4.